The average molecular weight is 251 g/mol. The van der Waals surface area contributed by atoms with Crippen LogP contribution in [0.1, 0.15) is 25.7 Å². The van der Waals surface area contributed by atoms with Gasteiger partial charge in [0.15, 0.2) is 0 Å². The number of hydrogen-bond donors (Lipinski definition) is 2. The van der Waals surface area contributed by atoms with Crippen LogP contribution in [-0.2, 0) is 4.79 Å². The third kappa shape index (κ3) is 4.07. The van der Waals surface area contributed by atoms with E-state index in [4.69, 9.17) is 0 Å². The van der Waals surface area contributed by atoms with Gasteiger partial charge in [-0.3, -0.25) is 4.79 Å². The van der Waals surface area contributed by atoms with Crippen molar-refractivity contribution in [2.75, 3.05) is 18.4 Å². The van der Waals surface area contributed by atoms with Gasteiger partial charge in [0, 0.05) is 6.42 Å². The van der Waals surface area contributed by atoms with E-state index in [-0.39, 0.29) is 5.91 Å². The molecule has 2 rings (SSSR count). The quantitative estimate of drug-likeness (QED) is 0.804. The van der Waals surface area contributed by atoms with Gasteiger partial charge in [-0.25, -0.2) is 4.98 Å². The lowest BCUT2D eigenvalue weighted by Crippen LogP contribution is -2.30. The van der Waals surface area contributed by atoms with Gasteiger partial charge in [-0.05, 0) is 50.4 Å². The average Bonchev–Trinajstić information content (AvgIpc) is 2.40. The fourth-order valence-electron chi connectivity index (χ4n) is 2.18. The van der Waals surface area contributed by atoms with Crippen molar-refractivity contribution >= 4 is 11.6 Å². The molecule has 2 N–H and O–H groups in total. The largest absolute Gasteiger partial charge is 0.325 e. The van der Waals surface area contributed by atoms with E-state index in [9.17, 15) is 9.18 Å². The minimum atomic E-state index is -0.540. The summed E-state index contributed by atoms with van der Waals surface area (Å²) in [6, 6.07) is 2.75. The zero-order chi connectivity index (χ0) is 12.8. The Bertz CT molecular complexity index is 388. The molecule has 1 aliphatic heterocycles. The number of nitrogens with one attached hydrogen (secondary N) is 2. The molecule has 4 nitrogen and oxygen atoms in total. The Hall–Kier alpha value is -1.49. The van der Waals surface area contributed by atoms with Gasteiger partial charge < -0.3 is 10.6 Å². The zero-order valence-electron chi connectivity index (χ0n) is 10.3. The fraction of sp³-hybridized carbons (Fsp3) is 0.538. The Morgan fingerprint density at radius 1 is 1.56 bits per heavy atom. The van der Waals surface area contributed by atoms with Crippen LogP contribution in [0.3, 0.4) is 0 Å². The van der Waals surface area contributed by atoms with Crippen LogP contribution in [0.4, 0.5) is 10.1 Å². The fourth-order valence-corrected chi connectivity index (χ4v) is 2.18. The minimum Gasteiger partial charge on any atom is -0.325 e. The van der Waals surface area contributed by atoms with Gasteiger partial charge in [-0.15, -0.1) is 0 Å². The van der Waals surface area contributed by atoms with Crippen LogP contribution in [0.5, 0.6) is 0 Å². The van der Waals surface area contributed by atoms with Crippen LogP contribution < -0.4 is 10.6 Å². The molecule has 0 aliphatic carbocycles. The molecule has 98 valence electrons. The predicted octanol–water partition coefficient (Wildman–Crippen LogP) is 1.94. The van der Waals surface area contributed by atoms with Crippen LogP contribution in [-0.4, -0.2) is 24.0 Å². The highest BCUT2D eigenvalue weighted by Crippen LogP contribution is 2.16. The van der Waals surface area contributed by atoms with Gasteiger partial charge in [0.25, 0.3) is 0 Å². The van der Waals surface area contributed by atoms with E-state index in [0.29, 0.717) is 18.0 Å². The molecule has 1 atom stereocenters. The predicted molar refractivity (Wildman–Crippen MR) is 67.7 cm³/mol. The molecule has 1 aromatic heterocycles. The molecule has 1 fully saturated rings. The molecule has 2 heterocycles. The van der Waals surface area contributed by atoms with E-state index in [1.165, 1.54) is 31.2 Å². The highest BCUT2D eigenvalue weighted by molar-refractivity contribution is 5.90. The van der Waals surface area contributed by atoms with Crippen LogP contribution >= 0.6 is 0 Å². The minimum absolute atomic E-state index is 0.0334. The van der Waals surface area contributed by atoms with Crippen molar-refractivity contribution in [2.24, 2.45) is 5.92 Å². The summed E-state index contributed by atoms with van der Waals surface area (Å²) < 4.78 is 12.6. The molecule has 0 saturated carbocycles. The lowest BCUT2D eigenvalue weighted by atomic mass is 9.94. The summed E-state index contributed by atoms with van der Waals surface area (Å²) in [7, 11) is 0. The van der Waals surface area contributed by atoms with Crippen molar-refractivity contribution < 1.29 is 9.18 Å². The standard InChI is InChI=1S/C13H18FN3O/c14-12-5-4-11(9-16-12)17-13(18)6-3-10-2-1-7-15-8-10/h4-5,9-10,15H,1-3,6-8H2,(H,17,18). The summed E-state index contributed by atoms with van der Waals surface area (Å²) in [6.07, 6.45) is 5.11. The number of hydrogen-bond acceptors (Lipinski definition) is 3. The van der Waals surface area contributed by atoms with Gasteiger partial charge >= 0.3 is 0 Å². The monoisotopic (exact) mass is 251 g/mol. The highest BCUT2D eigenvalue weighted by Gasteiger charge is 2.14. The summed E-state index contributed by atoms with van der Waals surface area (Å²) in [4.78, 5) is 15.2. The third-order valence-electron chi connectivity index (χ3n) is 3.19. The topological polar surface area (TPSA) is 54.0 Å². The molecule has 1 aromatic rings. The van der Waals surface area contributed by atoms with E-state index >= 15 is 0 Å². The molecule has 18 heavy (non-hydrogen) atoms. The molecule has 1 saturated heterocycles. The lowest BCUT2D eigenvalue weighted by molar-refractivity contribution is -0.116. The van der Waals surface area contributed by atoms with Gasteiger partial charge in [-0.1, -0.05) is 0 Å². The Labute approximate surface area is 106 Å². The number of amides is 1. The second-order valence-corrected chi connectivity index (χ2v) is 4.67. The number of piperidine rings is 1. The molecule has 1 amide bonds. The molecular weight excluding hydrogens is 233 g/mol. The van der Waals surface area contributed by atoms with Crippen molar-refractivity contribution in [3.05, 3.63) is 24.3 Å². The van der Waals surface area contributed by atoms with Crippen LogP contribution in [0.2, 0.25) is 0 Å². The maximum atomic E-state index is 12.6. The normalized spacial score (nSPS) is 19.5. The summed E-state index contributed by atoms with van der Waals surface area (Å²) in [5, 5.41) is 6.05. The number of anilines is 1. The first-order valence-corrected chi connectivity index (χ1v) is 6.36. The highest BCUT2D eigenvalue weighted by atomic mass is 19.1. The second-order valence-electron chi connectivity index (χ2n) is 4.67. The van der Waals surface area contributed by atoms with E-state index < -0.39 is 5.95 Å². The van der Waals surface area contributed by atoms with Crippen LogP contribution in [0, 0.1) is 11.9 Å². The van der Waals surface area contributed by atoms with Crippen molar-refractivity contribution in [1.29, 1.82) is 0 Å². The van der Waals surface area contributed by atoms with Crippen molar-refractivity contribution in [3.63, 3.8) is 0 Å². The molecule has 5 heteroatoms. The van der Waals surface area contributed by atoms with Gasteiger partial charge in [-0.2, -0.15) is 4.39 Å². The van der Waals surface area contributed by atoms with Gasteiger partial charge in [0.2, 0.25) is 11.9 Å². The lowest BCUT2D eigenvalue weighted by Gasteiger charge is -2.22. The third-order valence-corrected chi connectivity index (χ3v) is 3.19. The van der Waals surface area contributed by atoms with Crippen molar-refractivity contribution in [2.45, 2.75) is 25.7 Å². The molecule has 0 radical (unpaired) electrons. The van der Waals surface area contributed by atoms with Crippen molar-refractivity contribution in [3.8, 4) is 0 Å². The maximum Gasteiger partial charge on any atom is 0.224 e. The number of aromatic nitrogens is 1. The second kappa shape index (κ2) is 6.44. The van der Waals surface area contributed by atoms with Crippen LogP contribution in [0.25, 0.3) is 0 Å². The first-order chi connectivity index (χ1) is 8.74. The molecule has 1 aliphatic rings. The SMILES string of the molecule is O=C(CCC1CCCNC1)Nc1ccc(F)nc1. The molecule has 0 aromatic carbocycles. The Balaban J connectivity index is 1.73. The summed E-state index contributed by atoms with van der Waals surface area (Å²) in [5.41, 5.74) is 0.545. The Kier molecular flexibility index (Phi) is 4.64. The Morgan fingerprint density at radius 2 is 2.44 bits per heavy atom. The van der Waals surface area contributed by atoms with Crippen molar-refractivity contribution in [1.82, 2.24) is 10.3 Å². The number of halogens is 1. The molecular formula is C13H18FN3O. The van der Waals surface area contributed by atoms with E-state index in [0.717, 1.165) is 19.5 Å². The summed E-state index contributed by atoms with van der Waals surface area (Å²) in [5.74, 6) is 0.0195. The van der Waals surface area contributed by atoms with Gasteiger partial charge in [0.05, 0.1) is 11.9 Å². The number of pyridine rings is 1. The number of nitrogens with zero attached hydrogens (tertiary/aromatic N) is 1. The molecule has 0 bridgehead atoms. The number of carbonyl (C=O) groups is 1. The smallest absolute Gasteiger partial charge is 0.224 e. The summed E-state index contributed by atoms with van der Waals surface area (Å²) >= 11 is 0. The zero-order valence-corrected chi connectivity index (χ0v) is 10.3. The van der Waals surface area contributed by atoms with E-state index in [1.807, 2.05) is 0 Å². The number of rotatable bonds is 4. The van der Waals surface area contributed by atoms with Gasteiger partial charge in [0.1, 0.15) is 0 Å². The summed E-state index contributed by atoms with van der Waals surface area (Å²) in [6.45, 7) is 2.09. The Morgan fingerprint density at radius 3 is 3.11 bits per heavy atom. The molecule has 1 unspecified atom stereocenters. The first-order valence-electron chi connectivity index (χ1n) is 6.36. The van der Waals surface area contributed by atoms with Crippen LogP contribution in [0.15, 0.2) is 18.3 Å². The van der Waals surface area contributed by atoms with E-state index in [2.05, 4.69) is 15.6 Å². The first kappa shape index (κ1) is 13.0. The number of carbonyl (C=O) groups excluding carboxylic acids is 1. The molecule has 0 spiro atoms. The van der Waals surface area contributed by atoms with E-state index in [1.54, 1.807) is 0 Å². The maximum absolute atomic E-state index is 12.6.